The summed E-state index contributed by atoms with van der Waals surface area (Å²) < 4.78 is 14.1. The topological polar surface area (TPSA) is 17.1 Å². The molecule has 1 atom stereocenters. The van der Waals surface area contributed by atoms with Crippen molar-refractivity contribution in [2.24, 2.45) is 0 Å². The van der Waals surface area contributed by atoms with Gasteiger partial charge in [-0.3, -0.25) is 4.79 Å². The van der Waals surface area contributed by atoms with Gasteiger partial charge in [-0.15, -0.1) is 0 Å². The van der Waals surface area contributed by atoms with Gasteiger partial charge in [0.25, 0.3) is 0 Å². The van der Waals surface area contributed by atoms with Crippen LogP contribution in [0.5, 0.6) is 0 Å². The monoisotopic (exact) mass is 268 g/mol. The molecule has 3 rings (SSSR count). The van der Waals surface area contributed by atoms with Crippen LogP contribution in [-0.2, 0) is 10.2 Å². The average molecular weight is 268 g/mol. The fourth-order valence-corrected chi connectivity index (χ4v) is 3.22. The van der Waals surface area contributed by atoms with Gasteiger partial charge >= 0.3 is 0 Å². The quantitative estimate of drug-likeness (QED) is 0.802. The molecular formula is C18H17FO. The van der Waals surface area contributed by atoms with Crippen LogP contribution in [0, 0.1) is 0 Å². The van der Waals surface area contributed by atoms with Crippen LogP contribution in [0.1, 0.15) is 30.4 Å². The van der Waals surface area contributed by atoms with E-state index in [0.717, 1.165) is 11.1 Å². The molecule has 0 aliphatic heterocycles. The number of ketones is 1. The van der Waals surface area contributed by atoms with E-state index in [1.54, 1.807) is 0 Å². The van der Waals surface area contributed by atoms with Crippen LogP contribution < -0.4 is 0 Å². The number of hydrogen-bond donors (Lipinski definition) is 0. The van der Waals surface area contributed by atoms with Gasteiger partial charge < -0.3 is 0 Å². The first-order chi connectivity index (χ1) is 9.72. The van der Waals surface area contributed by atoms with Crippen molar-refractivity contribution in [3.63, 3.8) is 0 Å². The zero-order valence-corrected chi connectivity index (χ0v) is 11.3. The van der Waals surface area contributed by atoms with Crippen LogP contribution in [0.4, 0.5) is 4.39 Å². The van der Waals surface area contributed by atoms with Gasteiger partial charge in [0.1, 0.15) is 0 Å². The first-order valence-electron chi connectivity index (χ1n) is 7.00. The number of alkyl halides is 1. The first-order valence-corrected chi connectivity index (χ1v) is 7.00. The molecule has 0 aromatic heterocycles. The van der Waals surface area contributed by atoms with Gasteiger partial charge in [0.05, 0.1) is 0 Å². The van der Waals surface area contributed by atoms with E-state index in [-0.39, 0.29) is 17.6 Å². The summed E-state index contributed by atoms with van der Waals surface area (Å²) in [4.78, 5) is 11.6. The Morgan fingerprint density at radius 3 is 1.85 bits per heavy atom. The number of Topliss-reactive ketones (excluding diaryl/α,β-unsaturated/α-hetero) is 1. The molecule has 1 aliphatic rings. The van der Waals surface area contributed by atoms with Crippen molar-refractivity contribution < 1.29 is 9.18 Å². The molecule has 0 unspecified atom stereocenters. The van der Waals surface area contributed by atoms with E-state index in [0.29, 0.717) is 12.8 Å². The predicted octanol–water partition coefficient (Wildman–Crippen LogP) is 4.06. The third kappa shape index (κ3) is 2.15. The summed E-state index contributed by atoms with van der Waals surface area (Å²) in [6, 6.07) is 20.0. The van der Waals surface area contributed by atoms with E-state index >= 15 is 0 Å². The summed E-state index contributed by atoms with van der Waals surface area (Å²) in [6.45, 7) is 0. The molecule has 2 heteroatoms. The molecule has 0 heterocycles. The van der Waals surface area contributed by atoms with Crippen molar-refractivity contribution in [1.29, 1.82) is 0 Å². The number of rotatable bonds is 2. The van der Waals surface area contributed by atoms with Crippen molar-refractivity contribution in [2.45, 2.75) is 30.8 Å². The van der Waals surface area contributed by atoms with Crippen LogP contribution in [0.3, 0.4) is 0 Å². The molecule has 1 fully saturated rings. The van der Waals surface area contributed by atoms with Gasteiger partial charge in [-0.1, -0.05) is 60.7 Å². The Morgan fingerprint density at radius 1 is 0.900 bits per heavy atom. The van der Waals surface area contributed by atoms with E-state index in [2.05, 4.69) is 0 Å². The predicted molar refractivity (Wildman–Crippen MR) is 77.4 cm³/mol. The first kappa shape index (κ1) is 13.0. The van der Waals surface area contributed by atoms with Gasteiger partial charge in [-0.2, -0.15) is 0 Å². The third-order valence-corrected chi connectivity index (χ3v) is 4.33. The normalized spacial score (nSPS) is 21.6. The molecule has 0 bridgehead atoms. The van der Waals surface area contributed by atoms with Gasteiger partial charge in [0.15, 0.2) is 12.0 Å². The summed E-state index contributed by atoms with van der Waals surface area (Å²) >= 11 is 0. The second kappa shape index (κ2) is 5.20. The van der Waals surface area contributed by atoms with Crippen LogP contribution >= 0.6 is 0 Å². The summed E-state index contributed by atoms with van der Waals surface area (Å²) in [5, 5.41) is 0. The second-order valence-electron chi connectivity index (χ2n) is 5.45. The van der Waals surface area contributed by atoms with Crippen molar-refractivity contribution in [3.05, 3.63) is 71.8 Å². The van der Waals surface area contributed by atoms with Crippen molar-refractivity contribution >= 4 is 5.78 Å². The molecule has 20 heavy (non-hydrogen) atoms. The number of hydrogen-bond acceptors (Lipinski definition) is 1. The van der Waals surface area contributed by atoms with Gasteiger partial charge in [0.2, 0.25) is 0 Å². The summed E-state index contributed by atoms with van der Waals surface area (Å²) in [5.41, 5.74) is 1.82. The number of carbonyl (C=O) groups is 1. The lowest BCUT2D eigenvalue weighted by atomic mass is 9.64. The maximum Gasteiger partial charge on any atom is 0.166 e. The molecule has 0 radical (unpaired) electrons. The molecule has 2 aromatic carbocycles. The highest BCUT2D eigenvalue weighted by molar-refractivity contribution is 5.84. The van der Waals surface area contributed by atoms with E-state index in [1.165, 1.54) is 0 Å². The standard InChI is InChI=1S/C18H17FO/c19-16-13-18(12-11-17(16)20,14-7-3-1-4-8-14)15-9-5-2-6-10-15/h1-10,16H,11-13H2/t16-/m1/s1. The molecular weight excluding hydrogens is 251 g/mol. The fraction of sp³-hybridized carbons (Fsp3) is 0.278. The van der Waals surface area contributed by atoms with Crippen molar-refractivity contribution in [2.75, 3.05) is 0 Å². The molecule has 1 saturated carbocycles. The fourth-order valence-electron chi connectivity index (χ4n) is 3.22. The van der Waals surface area contributed by atoms with Crippen LogP contribution in [0.25, 0.3) is 0 Å². The smallest absolute Gasteiger partial charge is 0.166 e. The lowest BCUT2D eigenvalue weighted by molar-refractivity contribution is -0.126. The summed E-state index contributed by atoms with van der Waals surface area (Å²) in [5.74, 6) is -0.257. The SMILES string of the molecule is O=C1CCC(c2ccccc2)(c2ccccc2)C[C@H]1F. The lowest BCUT2D eigenvalue weighted by Gasteiger charge is -2.39. The van der Waals surface area contributed by atoms with Gasteiger partial charge in [0, 0.05) is 11.8 Å². The van der Waals surface area contributed by atoms with Crippen molar-refractivity contribution in [3.8, 4) is 0 Å². The third-order valence-electron chi connectivity index (χ3n) is 4.33. The number of benzene rings is 2. The Balaban J connectivity index is 2.11. The summed E-state index contributed by atoms with van der Waals surface area (Å²) in [7, 11) is 0. The zero-order chi connectivity index (χ0) is 14.0. The highest BCUT2D eigenvalue weighted by Crippen LogP contribution is 2.44. The molecule has 0 amide bonds. The molecule has 1 aliphatic carbocycles. The second-order valence-corrected chi connectivity index (χ2v) is 5.45. The largest absolute Gasteiger partial charge is 0.296 e. The molecule has 0 spiro atoms. The Labute approximate surface area is 118 Å². The summed E-state index contributed by atoms with van der Waals surface area (Å²) in [6.07, 6.45) is -0.116. The Kier molecular flexibility index (Phi) is 3.39. The molecule has 1 nitrogen and oxygen atoms in total. The number of carbonyl (C=O) groups excluding carboxylic acids is 1. The highest BCUT2D eigenvalue weighted by Gasteiger charge is 2.42. The minimum atomic E-state index is -1.36. The molecule has 0 saturated heterocycles. The highest BCUT2D eigenvalue weighted by atomic mass is 19.1. The number of halogens is 1. The van der Waals surface area contributed by atoms with Gasteiger partial charge in [-0.25, -0.2) is 4.39 Å². The zero-order valence-electron chi connectivity index (χ0n) is 11.3. The van der Waals surface area contributed by atoms with E-state index < -0.39 is 6.17 Å². The Bertz CT molecular complexity index is 552. The molecule has 102 valence electrons. The Morgan fingerprint density at radius 2 is 1.40 bits per heavy atom. The van der Waals surface area contributed by atoms with Crippen LogP contribution in [-0.4, -0.2) is 12.0 Å². The minimum Gasteiger partial charge on any atom is -0.296 e. The van der Waals surface area contributed by atoms with E-state index in [9.17, 15) is 9.18 Å². The van der Waals surface area contributed by atoms with E-state index in [1.807, 2.05) is 60.7 Å². The molecule has 0 N–H and O–H groups in total. The minimum absolute atomic E-state index is 0.250. The lowest BCUT2D eigenvalue weighted by Crippen LogP contribution is -2.39. The van der Waals surface area contributed by atoms with E-state index in [4.69, 9.17) is 0 Å². The Hall–Kier alpha value is -1.96. The molecule has 2 aromatic rings. The van der Waals surface area contributed by atoms with Crippen molar-refractivity contribution in [1.82, 2.24) is 0 Å². The van der Waals surface area contributed by atoms with Crippen LogP contribution in [0.2, 0.25) is 0 Å². The van der Waals surface area contributed by atoms with Gasteiger partial charge in [-0.05, 0) is 24.0 Å². The maximum atomic E-state index is 14.1. The maximum absolute atomic E-state index is 14.1. The average Bonchev–Trinajstić information content (AvgIpc) is 2.52. The van der Waals surface area contributed by atoms with Crippen LogP contribution in [0.15, 0.2) is 60.7 Å².